The van der Waals surface area contributed by atoms with Crippen LogP contribution in [0.25, 0.3) is 10.9 Å². The third-order valence-electron chi connectivity index (χ3n) is 2.99. The normalized spacial score (nSPS) is 10.9. The van der Waals surface area contributed by atoms with Crippen molar-refractivity contribution in [1.82, 2.24) is 4.57 Å². The lowest BCUT2D eigenvalue weighted by atomic mass is 10.1. The Morgan fingerprint density at radius 2 is 2.00 bits per heavy atom. The van der Waals surface area contributed by atoms with Gasteiger partial charge in [-0.3, -0.25) is 4.79 Å². The predicted molar refractivity (Wildman–Crippen MR) is 72.1 cm³/mol. The molecule has 5 heteroatoms. The number of carbonyl (C=O) groups is 1. The fourth-order valence-corrected chi connectivity index (χ4v) is 2.17. The molecule has 1 aromatic heterocycles. The minimum absolute atomic E-state index is 0.00216. The molecule has 0 aliphatic carbocycles. The van der Waals surface area contributed by atoms with Crippen molar-refractivity contribution in [2.24, 2.45) is 0 Å². The Kier molecular flexibility index (Phi) is 3.29. The molecule has 100 valence electrons. The zero-order valence-electron chi connectivity index (χ0n) is 11.0. The Hall–Kier alpha value is -2.30. The summed E-state index contributed by atoms with van der Waals surface area (Å²) in [6.45, 7) is 3.75. The predicted octanol–water partition coefficient (Wildman–Crippen LogP) is 2.29. The van der Waals surface area contributed by atoms with Gasteiger partial charge < -0.3 is 14.4 Å². The highest BCUT2D eigenvalue weighted by atomic mass is 16.5. The Balaban J connectivity index is 2.93. The Morgan fingerprint density at radius 3 is 2.53 bits per heavy atom. The van der Waals surface area contributed by atoms with Gasteiger partial charge in [0.1, 0.15) is 11.4 Å². The number of hydrogen-bond acceptors (Lipinski definition) is 3. The molecule has 19 heavy (non-hydrogen) atoms. The fourth-order valence-electron chi connectivity index (χ4n) is 2.17. The van der Waals surface area contributed by atoms with Crippen LogP contribution in [0.15, 0.2) is 29.1 Å². The molecule has 0 saturated heterocycles. The van der Waals surface area contributed by atoms with Crippen molar-refractivity contribution in [3.63, 3.8) is 0 Å². The average Bonchev–Trinajstić information content (AvgIpc) is 2.37. The molecule has 0 atom stereocenters. The van der Waals surface area contributed by atoms with Crippen molar-refractivity contribution in [3.05, 3.63) is 40.2 Å². The van der Waals surface area contributed by atoms with Gasteiger partial charge in [0, 0.05) is 17.5 Å². The monoisotopic (exact) mass is 261 g/mol. The van der Waals surface area contributed by atoms with Crippen LogP contribution in [0.1, 0.15) is 30.4 Å². The van der Waals surface area contributed by atoms with Crippen molar-refractivity contribution in [1.29, 1.82) is 0 Å². The topological polar surface area (TPSA) is 68.5 Å². The first-order valence-corrected chi connectivity index (χ1v) is 5.92. The maximum Gasteiger partial charge on any atom is 0.352 e. The summed E-state index contributed by atoms with van der Waals surface area (Å²) < 4.78 is 6.73. The molecule has 0 radical (unpaired) electrons. The quantitative estimate of drug-likeness (QED) is 0.920. The summed E-state index contributed by atoms with van der Waals surface area (Å²) in [6.07, 6.45) is 0. The summed E-state index contributed by atoms with van der Waals surface area (Å²) in [5, 5.41) is 9.67. The maximum atomic E-state index is 12.0. The van der Waals surface area contributed by atoms with E-state index in [4.69, 9.17) is 4.74 Å². The lowest BCUT2D eigenvalue weighted by Gasteiger charge is -2.18. The van der Waals surface area contributed by atoms with Crippen molar-refractivity contribution >= 4 is 16.9 Å². The van der Waals surface area contributed by atoms with E-state index in [-0.39, 0.29) is 17.2 Å². The summed E-state index contributed by atoms with van der Waals surface area (Å²) >= 11 is 0. The van der Waals surface area contributed by atoms with Crippen LogP contribution < -0.4 is 10.2 Å². The van der Waals surface area contributed by atoms with Crippen LogP contribution in [0.5, 0.6) is 5.75 Å². The SMILES string of the molecule is COc1ccc2c(c1)c(=O)cc(C(=O)O)n2C(C)C. The van der Waals surface area contributed by atoms with Gasteiger partial charge in [-0.2, -0.15) is 0 Å². The molecule has 0 saturated carbocycles. The average molecular weight is 261 g/mol. The maximum absolute atomic E-state index is 12.0. The Morgan fingerprint density at radius 1 is 1.32 bits per heavy atom. The van der Waals surface area contributed by atoms with Crippen LogP contribution in [-0.4, -0.2) is 22.8 Å². The van der Waals surface area contributed by atoms with Crippen molar-refractivity contribution in [2.45, 2.75) is 19.9 Å². The second kappa shape index (κ2) is 4.76. The van der Waals surface area contributed by atoms with Crippen molar-refractivity contribution in [2.75, 3.05) is 7.11 Å². The van der Waals surface area contributed by atoms with Gasteiger partial charge in [-0.1, -0.05) is 0 Å². The molecule has 0 amide bonds. The second-order valence-corrected chi connectivity index (χ2v) is 4.55. The number of methoxy groups -OCH3 is 1. The van der Waals surface area contributed by atoms with E-state index in [0.717, 1.165) is 6.07 Å². The third kappa shape index (κ3) is 2.19. The molecule has 0 spiro atoms. The van der Waals surface area contributed by atoms with E-state index in [9.17, 15) is 14.7 Å². The molecule has 0 aliphatic heterocycles. The van der Waals surface area contributed by atoms with Crippen molar-refractivity contribution < 1.29 is 14.6 Å². The number of carboxylic acid groups (broad SMARTS) is 1. The fraction of sp³-hybridized carbons (Fsp3) is 0.286. The van der Waals surface area contributed by atoms with Crippen LogP contribution in [0.3, 0.4) is 0 Å². The van der Waals surface area contributed by atoms with Gasteiger partial charge in [0.05, 0.1) is 12.6 Å². The highest BCUT2D eigenvalue weighted by Gasteiger charge is 2.16. The molecule has 0 bridgehead atoms. The minimum atomic E-state index is -1.11. The first-order chi connectivity index (χ1) is 8.95. The van der Waals surface area contributed by atoms with Crippen LogP contribution in [0.2, 0.25) is 0 Å². The van der Waals surface area contributed by atoms with Gasteiger partial charge in [0.15, 0.2) is 5.43 Å². The number of nitrogens with zero attached hydrogens (tertiary/aromatic N) is 1. The molecule has 2 rings (SSSR count). The van der Waals surface area contributed by atoms with E-state index in [0.29, 0.717) is 16.7 Å². The molecule has 5 nitrogen and oxygen atoms in total. The van der Waals surface area contributed by atoms with Gasteiger partial charge in [-0.05, 0) is 32.0 Å². The summed E-state index contributed by atoms with van der Waals surface area (Å²) in [7, 11) is 1.52. The molecular weight excluding hydrogens is 246 g/mol. The number of carboxylic acids is 1. The highest BCUT2D eigenvalue weighted by molar-refractivity contribution is 5.91. The van der Waals surface area contributed by atoms with Gasteiger partial charge in [-0.25, -0.2) is 4.79 Å². The van der Waals surface area contributed by atoms with Gasteiger partial charge in [-0.15, -0.1) is 0 Å². The summed E-state index contributed by atoms with van der Waals surface area (Å²) in [4.78, 5) is 23.3. The van der Waals surface area contributed by atoms with Crippen molar-refractivity contribution in [3.8, 4) is 5.75 Å². The van der Waals surface area contributed by atoms with Crippen LogP contribution in [-0.2, 0) is 0 Å². The van der Waals surface area contributed by atoms with E-state index >= 15 is 0 Å². The third-order valence-corrected chi connectivity index (χ3v) is 2.99. The molecule has 0 aliphatic rings. The number of rotatable bonds is 3. The number of hydrogen-bond donors (Lipinski definition) is 1. The van der Waals surface area contributed by atoms with E-state index in [1.54, 1.807) is 22.8 Å². The minimum Gasteiger partial charge on any atom is -0.497 e. The molecular formula is C14H15NO4. The Bertz CT molecular complexity index is 700. The van der Waals surface area contributed by atoms with Gasteiger partial charge in [0.2, 0.25) is 0 Å². The summed E-state index contributed by atoms with van der Waals surface area (Å²) in [5.74, 6) is -0.536. The number of benzene rings is 1. The lowest BCUT2D eigenvalue weighted by Crippen LogP contribution is -2.19. The van der Waals surface area contributed by atoms with Gasteiger partial charge in [0.25, 0.3) is 0 Å². The zero-order chi connectivity index (χ0) is 14.2. The number of aromatic nitrogens is 1. The second-order valence-electron chi connectivity index (χ2n) is 4.55. The molecule has 0 fully saturated rings. The lowest BCUT2D eigenvalue weighted by molar-refractivity contribution is 0.0683. The number of ether oxygens (including phenoxy) is 1. The van der Waals surface area contributed by atoms with Crippen LogP contribution >= 0.6 is 0 Å². The van der Waals surface area contributed by atoms with E-state index in [1.807, 2.05) is 13.8 Å². The molecule has 2 aromatic rings. The largest absolute Gasteiger partial charge is 0.497 e. The standard InChI is InChI=1S/C14H15NO4/c1-8(2)15-11-5-4-9(19-3)6-10(11)13(16)7-12(15)14(17)18/h4-8H,1-3H3,(H,17,18). The van der Waals surface area contributed by atoms with Gasteiger partial charge >= 0.3 is 5.97 Å². The molecule has 1 N–H and O–H groups in total. The molecule has 1 heterocycles. The van der Waals surface area contributed by atoms with E-state index in [1.165, 1.54) is 7.11 Å². The van der Waals surface area contributed by atoms with Crippen LogP contribution in [0, 0.1) is 0 Å². The number of pyridine rings is 1. The highest BCUT2D eigenvalue weighted by Crippen LogP contribution is 2.22. The summed E-state index contributed by atoms with van der Waals surface area (Å²) in [5.41, 5.74) is 0.279. The molecule has 0 unspecified atom stereocenters. The van der Waals surface area contributed by atoms with E-state index in [2.05, 4.69) is 0 Å². The Labute approximate surface area is 110 Å². The number of aromatic carboxylic acids is 1. The number of fused-ring (bicyclic) bond motifs is 1. The van der Waals surface area contributed by atoms with Crippen LogP contribution in [0.4, 0.5) is 0 Å². The summed E-state index contributed by atoms with van der Waals surface area (Å²) in [6, 6.07) is 6.14. The zero-order valence-corrected chi connectivity index (χ0v) is 11.0. The first-order valence-electron chi connectivity index (χ1n) is 5.92. The molecule has 1 aromatic carbocycles. The smallest absolute Gasteiger partial charge is 0.352 e. The van der Waals surface area contributed by atoms with E-state index < -0.39 is 5.97 Å². The first kappa shape index (κ1) is 13.1.